The smallest absolute Gasteiger partial charge is 0.326 e. The normalized spacial score (nSPS) is 15.0. The fourth-order valence-corrected chi connectivity index (χ4v) is 4.17. The van der Waals surface area contributed by atoms with Gasteiger partial charge < -0.3 is 42.5 Å². The number of carboxylic acids is 2. The number of hydrogen-bond donors (Lipinski definition) is 8. The van der Waals surface area contributed by atoms with Crippen molar-refractivity contribution in [2.24, 2.45) is 17.6 Å². The fourth-order valence-electron chi connectivity index (χ4n) is 4.17. The van der Waals surface area contributed by atoms with Crippen LogP contribution in [0.4, 0.5) is 0 Å². The molecular weight excluding hydrogens is 588 g/mol. The molecule has 1 aromatic carbocycles. The Hall–Kier alpha value is -4.53. The zero-order valence-electron chi connectivity index (χ0n) is 26.5. The van der Waals surface area contributed by atoms with Crippen LogP contribution in [0.2, 0.25) is 0 Å². The molecule has 5 amide bonds. The highest BCUT2D eigenvalue weighted by Crippen LogP contribution is 2.09. The van der Waals surface area contributed by atoms with Gasteiger partial charge in [-0.2, -0.15) is 0 Å². The van der Waals surface area contributed by atoms with Gasteiger partial charge in [-0.05, 0) is 37.7 Å². The average Bonchev–Trinajstić information content (AvgIpc) is 2.94. The van der Waals surface area contributed by atoms with Gasteiger partial charge in [-0.3, -0.25) is 28.8 Å². The molecule has 0 radical (unpaired) electrons. The summed E-state index contributed by atoms with van der Waals surface area (Å²) in [7, 11) is 0. The van der Waals surface area contributed by atoms with Crippen molar-refractivity contribution in [3.63, 3.8) is 0 Å². The number of hydrogen-bond acceptors (Lipinski definition) is 8. The summed E-state index contributed by atoms with van der Waals surface area (Å²) in [5.74, 6) is -6.70. The lowest BCUT2D eigenvalue weighted by atomic mass is 10.0. The van der Waals surface area contributed by atoms with Crippen LogP contribution >= 0.6 is 0 Å². The molecule has 0 aliphatic carbocycles. The first-order valence-electron chi connectivity index (χ1n) is 14.7. The highest BCUT2D eigenvalue weighted by atomic mass is 16.4. The van der Waals surface area contributed by atoms with Gasteiger partial charge in [0.2, 0.25) is 29.5 Å². The molecule has 0 heterocycles. The Kier molecular flexibility index (Phi) is 15.7. The summed E-state index contributed by atoms with van der Waals surface area (Å²) >= 11 is 0. The lowest BCUT2D eigenvalue weighted by Crippen LogP contribution is -2.59. The van der Waals surface area contributed by atoms with Gasteiger partial charge in [-0.25, -0.2) is 4.79 Å². The molecule has 45 heavy (non-hydrogen) atoms. The zero-order chi connectivity index (χ0) is 34.4. The summed E-state index contributed by atoms with van der Waals surface area (Å²) < 4.78 is 0. The summed E-state index contributed by atoms with van der Waals surface area (Å²) in [6.07, 6.45) is -0.402. The van der Waals surface area contributed by atoms with Crippen molar-refractivity contribution in [3.8, 4) is 0 Å². The number of benzene rings is 1. The van der Waals surface area contributed by atoms with Gasteiger partial charge in [0.15, 0.2) is 0 Å². The molecule has 250 valence electrons. The third-order valence-electron chi connectivity index (χ3n) is 6.72. The predicted octanol–water partition coefficient (Wildman–Crippen LogP) is -0.718. The Morgan fingerprint density at radius 2 is 1.18 bits per heavy atom. The van der Waals surface area contributed by atoms with E-state index in [-0.39, 0.29) is 18.8 Å². The van der Waals surface area contributed by atoms with Crippen LogP contribution < -0.4 is 32.3 Å². The van der Waals surface area contributed by atoms with Crippen LogP contribution in [-0.4, -0.2) is 87.9 Å². The number of amides is 5. The molecule has 0 saturated carbocycles. The molecule has 0 unspecified atom stereocenters. The number of nitrogens with two attached hydrogens (primary N) is 1. The molecule has 9 N–H and O–H groups in total. The quantitative estimate of drug-likeness (QED) is 0.101. The topological polar surface area (TPSA) is 246 Å². The van der Waals surface area contributed by atoms with Gasteiger partial charge >= 0.3 is 11.9 Å². The summed E-state index contributed by atoms with van der Waals surface area (Å²) in [5.41, 5.74) is 6.28. The number of carboxylic acid groups (broad SMARTS) is 2. The van der Waals surface area contributed by atoms with Crippen LogP contribution in [-0.2, 0) is 40.0 Å². The van der Waals surface area contributed by atoms with E-state index in [1.54, 1.807) is 44.2 Å². The molecule has 15 nitrogen and oxygen atoms in total. The van der Waals surface area contributed by atoms with Gasteiger partial charge in [-0.15, -0.1) is 0 Å². The minimum Gasteiger partial charge on any atom is -0.481 e. The highest BCUT2D eigenvalue weighted by molar-refractivity contribution is 5.96. The lowest BCUT2D eigenvalue weighted by molar-refractivity contribution is -0.142. The summed E-state index contributed by atoms with van der Waals surface area (Å²) in [5, 5.41) is 30.8. The van der Waals surface area contributed by atoms with Crippen molar-refractivity contribution in [2.45, 2.75) is 97.1 Å². The number of nitrogens with one attached hydrogen (secondary N) is 5. The molecule has 0 aliphatic rings. The van der Waals surface area contributed by atoms with E-state index in [0.717, 1.165) is 0 Å². The Morgan fingerprint density at radius 3 is 1.67 bits per heavy atom. The van der Waals surface area contributed by atoms with Crippen LogP contribution in [0.25, 0.3) is 0 Å². The van der Waals surface area contributed by atoms with Crippen molar-refractivity contribution >= 4 is 41.5 Å². The molecule has 0 aliphatic heterocycles. The van der Waals surface area contributed by atoms with E-state index in [1.165, 1.54) is 13.8 Å². The van der Waals surface area contributed by atoms with E-state index < -0.39 is 90.1 Å². The van der Waals surface area contributed by atoms with Gasteiger partial charge in [0.25, 0.3) is 0 Å². The largest absolute Gasteiger partial charge is 0.481 e. The summed E-state index contributed by atoms with van der Waals surface area (Å²) in [6.45, 7) is 9.63. The van der Waals surface area contributed by atoms with E-state index in [2.05, 4.69) is 26.6 Å². The minimum absolute atomic E-state index is 0.0205. The maximum absolute atomic E-state index is 13.2. The number of rotatable bonds is 18. The SMILES string of the molecule is CC(C)C[C@H](NC(=O)[C@H](Cc1ccccc1)NC(=O)[C@H](C)NC(=O)[C@H](C)NC(=O)[C@@H](NC(=O)[C@@H](N)CC(=O)O)C(C)C)C(=O)O. The second-order valence-electron chi connectivity index (χ2n) is 11.7. The highest BCUT2D eigenvalue weighted by Gasteiger charge is 2.31. The second kappa shape index (κ2) is 18.3. The Labute approximate surface area is 262 Å². The standard InChI is InChI=1S/C30H46N6O9/c1-15(2)12-22(30(44)45)35-28(42)21(13-19-10-8-7-9-11-19)34-26(40)18(6)32-25(39)17(5)33-29(43)24(16(3)4)36-27(41)20(31)14-23(37)38/h7-11,15-18,20-22,24H,12-14,31H2,1-6H3,(H,32,39)(H,33,43)(H,34,40)(H,35,42)(H,36,41)(H,37,38)(H,44,45)/t17-,18-,20-,21-,22-,24-/m0/s1. The molecule has 1 aromatic rings. The van der Waals surface area contributed by atoms with Gasteiger partial charge in [-0.1, -0.05) is 58.0 Å². The molecule has 0 fully saturated rings. The minimum atomic E-state index is -1.38. The van der Waals surface area contributed by atoms with Gasteiger partial charge in [0.05, 0.1) is 12.5 Å². The summed E-state index contributed by atoms with van der Waals surface area (Å²) in [4.78, 5) is 86.8. The van der Waals surface area contributed by atoms with E-state index in [4.69, 9.17) is 10.8 Å². The maximum atomic E-state index is 13.2. The van der Waals surface area contributed by atoms with Crippen LogP contribution in [0.1, 0.15) is 59.9 Å². The van der Waals surface area contributed by atoms with E-state index in [9.17, 15) is 38.7 Å². The van der Waals surface area contributed by atoms with Gasteiger partial charge in [0, 0.05) is 6.42 Å². The second-order valence-corrected chi connectivity index (χ2v) is 11.7. The Bertz CT molecular complexity index is 1210. The molecule has 0 saturated heterocycles. The molecule has 1 rings (SSSR count). The molecule has 6 atom stereocenters. The molecule has 15 heteroatoms. The van der Waals surface area contributed by atoms with E-state index in [0.29, 0.717) is 5.56 Å². The predicted molar refractivity (Wildman–Crippen MR) is 163 cm³/mol. The summed E-state index contributed by atoms with van der Waals surface area (Å²) in [6, 6.07) is 1.63. The van der Waals surface area contributed by atoms with Crippen LogP contribution in [0.3, 0.4) is 0 Å². The average molecular weight is 635 g/mol. The molecule has 0 bridgehead atoms. The first-order chi connectivity index (χ1) is 20.9. The lowest BCUT2D eigenvalue weighted by Gasteiger charge is -2.26. The molecular formula is C30H46N6O9. The van der Waals surface area contributed by atoms with Gasteiger partial charge in [0.1, 0.15) is 30.2 Å². The van der Waals surface area contributed by atoms with Crippen LogP contribution in [0.15, 0.2) is 30.3 Å². The Balaban J connectivity index is 2.92. The molecule has 0 aromatic heterocycles. The third-order valence-corrected chi connectivity index (χ3v) is 6.72. The van der Waals surface area contributed by atoms with Crippen LogP contribution in [0, 0.1) is 11.8 Å². The van der Waals surface area contributed by atoms with Crippen LogP contribution in [0.5, 0.6) is 0 Å². The van der Waals surface area contributed by atoms with Crippen molar-refractivity contribution in [1.29, 1.82) is 0 Å². The van der Waals surface area contributed by atoms with Crippen molar-refractivity contribution in [3.05, 3.63) is 35.9 Å². The number of carbonyl (C=O) groups is 7. The molecule has 0 spiro atoms. The van der Waals surface area contributed by atoms with E-state index in [1.807, 2.05) is 13.8 Å². The maximum Gasteiger partial charge on any atom is 0.326 e. The van der Waals surface area contributed by atoms with Crippen molar-refractivity contribution < 1.29 is 43.8 Å². The zero-order valence-corrected chi connectivity index (χ0v) is 26.5. The fraction of sp³-hybridized carbons (Fsp3) is 0.567. The van der Waals surface area contributed by atoms with Crippen molar-refractivity contribution in [2.75, 3.05) is 0 Å². The Morgan fingerprint density at radius 1 is 0.667 bits per heavy atom. The first-order valence-corrected chi connectivity index (χ1v) is 14.7. The van der Waals surface area contributed by atoms with E-state index >= 15 is 0 Å². The van der Waals surface area contributed by atoms with Crippen molar-refractivity contribution in [1.82, 2.24) is 26.6 Å². The number of carbonyl (C=O) groups excluding carboxylic acids is 5. The monoisotopic (exact) mass is 634 g/mol. The third kappa shape index (κ3) is 13.8. The number of aliphatic carboxylic acids is 2. The first kappa shape index (κ1) is 38.5.